The van der Waals surface area contributed by atoms with Crippen molar-refractivity contribution in [3.8, 4) is 0 Å². The van der Waals surface area contributed by atoms with Crippen molar-refractivity contribution in [2.24, 2.45) is 0 Å². The molecule has 0 aromatic heterocycles. The highest BCUT2D eigenvalue weighted by atomic mass is 35.5. The SMILES string of the molecule is CC1CN(C(=O)c2ccc(Cl)cc2[N+](=O)[O-])CCN1C(=O)c1ccc(Cl)cc1[N+](=O)[O-]. The molecule has 0 aliphatic carbocycles. The third-order valence-electron chi connectivity index (χ3n) is 4.95. The van der Waals surface area contributed by atoms with Crippen LogP contribution in [0.25, 0.3) is 0 Å². The zero-order chi connectivity index (χ0) is 22.9. The van der Waals surface area contributed by atoms with E-state index in [-0.39, 0.29) is 40.8 Å². The number of nitro benzene ring substituents is 2. The summed E-state index contributed by atoms with van der Waals surface area (Å²) in [5.74, 6) is -1.11. The first kappa shape index (κ1) is 22.4. The predicted molar refractivity (Wildman–Crippen MR) is 113 cm³/mol. The van der Waals surface area contributed by atoms with Crippen LogP contribution in [-0.4, -0.2) is 57.1 Å². The number of carbonyl (C=O) groups is 2. The second-order valence-corrected chi connectivity index (χ2v) is 7.81. The monoisotopic (exact) mass is 466 g/mol. The minimum Gasteiger partial charge on any atom is -0.335 e. The van der Waals surface area contributed by atoms with Crippen LogP contribution in [0.2, 0.25) is 10.0 Å². The molecule has 2 aromatic carbocycles. The van der Waals surface area contributed by atoms with Crippen molar-refractivity contribution < 1.29 is 19.4 Å². The van der Waals surface area contributed by atoms with Crippen LogP contribution in [0.15, 0.2) is 36.4 Å². The summed E-state index contributed by atoms with van der Waals surface area (Å²) >= 11 is 11.6. The Hall–Kier alpha value is -3.24. The quantitative estimate of drug-likeness (QED) is 0.497. The molecule has 0 radical (unpaired) electrons. The van der Waals surface area contributed by atoms with Gasteiger partial charge in [-0.25, -0.2) is 0 Å². The minimum atomic E-state index is -0.679. The highest BCUT2D eigenvalue weighted by molar-refractivity contribution is 6.31. The average Bonchev–Trinajstić information content (AvgIpc) is 2.72. The van der Waals surface area contributed by atoms with Crippen LogP contribution in [0, 0.1) is 20.2 Å². The van der Waals surface area contributed by atoms with Crippen molar-refractivity contribution in [3.05, 3.63) is 77.8 Å². The third-order valence-corrected chi connectivity index (χ3v) is 5.42. The number of amides is 2. The summed E-state index contributed by atoms with van der Waals surface area (Å²) in [5.41, 5.74) is -1.01. The molecule has 1 fully saturated rings. The van der Waals surface area contributed by atoms with Gasteiger partial charge in [0.25, 0.3) is 23.2 Å². The Kier molecular flexibility index (Phi) is 6.42. The van der Waals surface area contributed by atoms with E-state index in [1.807, 2.05) is 0 Å². The summed E-state index contributed by atoms with van der Waals surface area (Å²) in [4.78, 5) is 49.9. The van der Waals surface area contributed by atoms with Gasteiger partial charge < -0.3 is 9.80 Å². The van der Waals surface area contributed by atoms with Gasteiger partial charge in [-0.3, -0.25) is 29.8 Å². The highest BCUT2D eigenvalue weighted by Crippen LogP contribution is 2.28. The summed E-state index contributed by atoms with van der Waals surface area (Å²) < 4.78 is 0. The molecule has 0 N–H and O–H groups in total. The number of piperazine rings is 1. The lowest BCUT2D eigenvalue weighted by molar-refractivity contribution is -0.385. The Morgan fingerprint density at radius 3 is 1.84 bits per heavy atom. The van der Waals surface area contributed by atoms with Gasteiger partial charge in [-0.05, 0) is 31.2 Å². The van der Waals surface area contributed by atoms with Gasteiger partial charge in [-0.15, -0.1) is 0 Å². The number of hydrogen-bond donors (Lipinski definition) is 0. The van der Waals surface area contributed by atoms with Crippen molar-refractivity contribution >= 4 is 46.4 Å². The molecule has 2 aromatic rings. The summed E-state index contributed by atoms with van der Waals surface area (Å²) in [6.07, 6.45) is 0. The lowest BCUT2D eigenvalue weighted by Crippen LogP contribution is -2.55. The van der Waals surface area contributed by atoms with Gasteiger partial charge >= 0.3 is 0 Å². The number of nitrogens with zero attached hydrogens (tertiary/aromatic N) is 4. The van der Waals surface area contributed by atoms with Gasteiger partial charge in [0.1, 0.15) is 11.1 Å². The Morgan fingerprint density at radius 1 is 0.903 bits per heavy atom. The normalized spacial score (nSPS) is 16.2. The van der Waals surface area contributed by atoms with E-state index >= 15 is 0 Å². The molecule has 1 aliphatic rings. The summed E-state index contributed by atoms with van der Waals surface area (Å²) in [6, 6.07) is 7.12. The molecule has 1 atom stereocenters. The van der Waals surface area contributed by atoms with Crippen molar-refractivity contribution in [2.45, 2.75) is 13.0 Å². The van der Waals surface area contributed by atoms with Crippen LogP contribution >= 0.6 is 23.2 Å². The highest BCUT2D eigenvalue weighted by Gasteiger charge is 2.35. The van der Waals surface area contributed by atoms with Gasteiger partial charge in [0.15, 0.2) is 0 Å². The van der Waals surface area contributed by atoms with Crippen LogP contribution in [-0.2, 0) is 0 Å². The van der Waals surface area contributed by atoms with Crippen molar-refractivity contribution in [2.75, 3.05) is 19.6 Å². The topological polar surface area (TPSA) is 127 Å². The number of carbonyl (C=O) groups excluding carboxylic acids is 2. The molecule has 10 nitrogen and oxygen atoms in total. The molecule has 12 heteroatoms. The first-order chi connectivity index (χ1) is 14.6. The smallest absolute Gasteiger partial charge is 0.283 e. The van der Waals surface area contributed by atoms with E-state index in [4.69, 9.17) is 23.2 Å². The maximum atomic E-state index is 12.9. The van der Waals surface area contributed by atoms with Gasteiger partial charge in [0.2, 0.25) is 0 Å². The fraction of sp³-hybridized carbons (Fsp3) is 0.263. The molecule has 1 unspecified atom stereocenters. The zero-order valence-electron chi connectivity index (χ0n) is 16.2. The van der Waals surface area contributed by atoms with Crippen LogP contribution in [0.3, 0.4) is 0 Å². The Bertz CT molecular complexity index is 1090. The molecule has 162 valence electrons. The van der Waals surface area contributed by atoms with Crippen LogP contribution < -0.4 is 0 Å². The largest absolute Gasteiger partial charge is 0.335 e. The molecule has 0 saturated carbocycles. The number of benzene rings is 2. The van der Waals surface area contributed by atoms with E-state index in [0.29, 0.717) is 0 Å². The van der Waals surface area contributed by atoms with E-state index in [1.54, 1.807) is 6.92 Å². The lowest BCUT2D eigenvalue weighted by Gasteiger charge is -2.39. The van der Waals surface area contributed by atoms with E-state index in [2.05, 4.69) is 0 Å². The number of rotatable bonds is 4. The second kappa shape index (κ2) is 8.86. The molecule has 0 bridgehead atoms. The first-order valence-corrected chi connectivity index (χ1v) is 9.84. The van der Waals surface area contributed by atoms with Gasteiger partial charge in [-0.1, -0.05) is 23.2 Å². The van der Waals surface area contributed by atoms with Crippen molar-refractivity contribution in [3.63, 3.8) is 0 Å². The van der Waals surface area contributed by atoms with E-state index in [9.17, 15) is 29.8 Å². The predicted octanol–water partition coefficient (Wildman–Crippen LogP) is 3.80. The Morgan fingerprint density at radius 2 is 1.39 bits per heavy atom. The average molecular weight is 467 g/mol. The maximum absolute atomic E-state index is 12.9. The van der Waals surface area contributed by atoms with E-state index in [0.717, 1.165) is 12.1 Å². The fourth-order valence-electron chi connectivity index (χ4n) is 3.44. The first-order valence-electron chi connectivity index (χ1n) is 9.08. The zero-order valence-corrected chi connectivity index (χ0v) is 17.7. The molecule has 1 heterocycles. The maximum Gasteiger partial charge on any atom is 0.283 e. The van der Waals surface area contributed by atoms with Crippen LogP contribution in [0.5, 0.6) is 0 Å². The minimum absolute atomic E-state index is 0.102. The Labute approximate surface area is 186 Å². The Balaban J connectivity index is 1.80. The van der Waals surface area contributed by atoms with Crippen LogP contribution in [0.1, 0.15) is 27.6 Å². The molecule has 0 spiro atoms. The number of halogens is 2. The molecular weight excluding hydrogens is 451 g/mol. The number of hydrogen-bond acceptors (Lipinski definition) is 6. The van der Waals surface area contributed by atoms with Crippen molar-refractivity contribution in [1.82, 2.24) is 9.80 Å². The van der Waals surface area contributed by atoms with Gasteiger partial charge in [0.05, 0.1) is 9.85 Å². The summed E-state index contributed by atoms with van der Waals surface area (Å²) in [6.45, 7) is 2.00. The summed E-state index contributed by atoms with van der Waals surface area (Å²) in [7, 11) is 0. The fourth-order valence-corrected chi connectivity index (χ4v) is 3.77. The van der Waals surface area contributed by atoms with E-state index < -0.39 is 39.1 Å². The molecule has 1 aliphatic heterocycles. The number of nitro groups is 2. The van der Waals surface area contributed by atoms with Crippen molar-refractivity contribution in [1.29, 1.82) is 0 Å². The molecule has 1 saturated heterocycles. The molecule has 2 amide bonds. The van der Waals surface area contributed by atoms with Gasteiger partial charge in [-0.2, -0.15) is 0 Å². The van der Waals surface area contributed by atoms with Gasteiger partial charge in [0, 0.05) is 47.9 Å². The molecule has 31 heavy (non-hydrogen) atoms. The standard InChI is InChI=1S/C19H16Cl2N4O6/c1-11-10-22(18(26)14-4-2-12(20)8-16(14)24(28)29)6-7-23(11)19(27)15-5-3-13(21)9-17(15)25(30)31/h2-5,8-9,11H,6-7,10H2,1H3. The molecule has 3 rings (SSSR count). The molecular formula is C19H16Cl2N4O6. The lowest BCUT2D eigenvalue weighted by atomic mass is 10.1. The van der Waals surface area contributed by atoms with E-state index in [1.165, 1.54) is 34.1 Å². The summed E-state index contributed by atoms with van der Waals surface area (Å²) in [5, 5.41) is 22.9. The second-order valence-electron chi connectivity index (χ2n) is 6.94. The van der Waals surface area contributed by atoms with Crippen LogP contribution in [0.4, 0.5) is 11.4 Å². The third kappa shape index (κ3) is 4.59.